The Bertz CT molecular complexity index is 1550. The summed E-state index contributed by atoms with van der Waals surface area (Å²) in [5, 5.41) is 19.8. The summed E-state index contributed by atoms with van der Waals surface area (Å²) in [7, 11) is 1.46. The normalized spacial score (nSPS) is 21.5. The van der Waals surface area contributed by atoms with E-state index in [0.717, 1.165) is 29.7 Å². The van der Waals surface area contributed by atoms with Crippen molar-refractivity contribution in [2.45, 2.75) is 180 Å². The lowest BCUT2D eigenvalue weighted by atomic mass is 9.83. The molecule has 0 saturated heterocycles. The lowest BCUT2D eigenvalue weighted by Gasteiger charge is -2.28. The third kappa shape index (κ3) is 14.2. The lowest BCUT2D eigenvalue weighted by molar-refractivity contribution is -0.179. The molecule has 4 rings (SSSR count). The number of unbranched alkanes of at least 4 members (excludes halogenated alkanes) is 13. The molecule has 0 aliphatic heterocycles. The molecule has 10 heteroatoms. The first-order valence-corrected chi connectivity index (χ1v) is 22.6. The minimum absolute atomic E-state index is 0.0107. The topological polar surface area (TPSA) is 143 Å². The molecule has 2 aliphatic carbocycles. The number of esters is 2. The van der Waals surface area contributed by atoms with Gasteiger partial charge in [0.2, 0.25) is 5.91 Å². The molecule has 0 bridgehead atoms. The predicted molar refractivity (Wildman–Crippen MR) is 229 cm³/mol. The second-order valence-corrected chi connectivity index (χ2v) is 17.0. The molecule has 0 radical (unpaired) electrons. The van der Waals surface area contributed by atoms with Gasteiger partial charge in [0.1, 0.15) is 11.2 Å². The van der Waals surface area contributed by atoms with E-state index in [9.17, 15) is 24.3 Å². The third-order valence-corrected chi connectivity index (χ3v) is 12.5. The minimum Gasteiger partial charge on any atom is -0.494 e. The van der Waals surface area contributed by atoms with Crippen LogP contribution in [0.15, 0.2) is 48.5 Å². The Labute approximate surface area is 348 Å². The van der Waals surface area contributed by atoms with Crippen LogP contribution in [0.3, 0.4) is 0 Å². The van der Waals surface area contributed by atoms with Gasteiger partial charge in [-0.05, 0) is 86.6 Å². The number of nitrogens with one attached hydrogen (secondary N) is 3. The van der Waals surface area contributed by atoms with Gasteiger partial charge in [-0.25, -0.2) is 0 Å². The molecular weight excluding hydrogens is 731 g/mol. The van der Waals surface area contributed by atoms with Crippen LogP contribution in [0, 0.1) is 10.8 Å². The maximum absolute atomic E-state index is 13.8. The number of carboxylic acids is 1. The van der Waals surface area contributed by atoms with Gasteiger partial charge in [0, 0.05) is 32.2 Å². The SMILES string of the molecule is CCCCCCCCCCOc1ccc(CNC2CCC(C(=O)O)(C(=O)OC(=O)C3(C(=O)NC)CCC(NCc4ccc(CCCCCCCCC)cc4)C3)C2)cc1. The summed E-state index contributed by atoms with van der Waals surface area (Å²) in [4.78, 5) is 53.3. The van der Waals surface area contributed by atoms with Gasteiger partial charge in [0.05, 0.1) is 6.61 Å². The summed E-state index contributed by atoms with van der Waals surface area (Å²) in [6, 6.07) is 16.0. The van der Waals surface area contributed by atoms with E-state index in [0.29, 0.717) is 32.5 Å². The Morgan fingerprint density at radius 3 is 1.60 bits per heavy atom. The van der Waals surface area contributed by atoms with Crippen LogP contribution in [0.2, 0.25) is 0 Å². The number of carbonyl (C=O) groups is 4. The smallest absolute Gasteiger partial charge is 0.331 e. The van der Waals surface area contributed by atoms with Crippen LogP contribution < -0.4 is 20.7 Å². The monoisotopic (exact) mass is 804 g/mol. The van der Waals surface area contributed by atoms with E-state index >= 15 is 0 Å². The molecule has 0 heterocycles. The molecule has 4 N–H and O–H groups in total. The van der Waals surface area contributed by atoms with Crippen molar-refractivity contribution in [3.8, 4) is 5.75 Å². The van der Waals surface area contributed by atoms with Gasteiger partial charge in [0.25, 0.3) is 0 Å². The fourth-order valence-corrected chi connectivity index (χ4v) is 8.67. The van der Waals surface area contributed by atoms with E-state index in [-0.39, 0.29) is 37.8 Å². The quantitative estimate of drug-likeness (QED) is 0.0376. The Morgan fingerprint density at radius 1 is 0.621 bits per heavy atom. The molecule has 4 unspecified atom stereocenters. The van der Waals surface area contributed by atoms with E-state index in [2.05, 4.69) is 54.1 Å². The van der Waals surface area contributed by atoms with Crippen LogP contribution in [-0.2, 0) is 43.4 Å². The summed E-state index contributed by atoms with van der Waals surface area (Å²) in [6.45, 7) is 6.24. The number of aliphatic carboxylic acids is 1. The van der Waals surface area contributed by atoms with E-state index in [1.54, 1.807) is 0 Å². The molecule has 2 aromatic carbocycles. The van der Waals surface area contributed by atoms with Gasteiger partial charge in [-0.15, -0.1) is 0 Å². The van der Waals surface area contributed by atoms with E-state index in [1.165, 1.54) is 103 Å². The van der Waals surface area contributed by atoms with Gasteiger partial charge >= 0.3 is 17.9 Å². The van der Waals surface area contributed by atoms with Crippen molar-refractivity contribution in [3.05, 3.63) is 65.2 Å². The predicted octanol–water partition coefficient (Wildman–Crippen LogP) is 9.36. The number of aryl methyl sites for hydroxylation is 1. The van der Waals surface area contributed by atoms with Crippen LogP contribution in [0.5, 0.6) is 5.75 Å². The Hall–Kier alpha value is -3.76. The molecule has 10 nitrogen and oxygen atoms in total. The first-order chi connectivity index (χ1) is 28.2. The van der Waals surface area contributed by atoms with Crippen molar-refractivity contribution in [1.29, 1.82) is 0 Å². The second kappa shape index (κ2) is 25.0. The molecule has 2 aliphatic rings. The van der Waals surface area contributed by atoms with Crippen molar-refractivity contribution >= 4 is 23.8 Å². The number of hydrogen-bond acceptors (Lipinski definition) is 8. The summed E-state index contributed by atoms with van der Waals surface area (Å²) in [5.74, 6) is -3.09. The molecule has 2 fully saturated rings. The zero-order chi connectivity index (χ0) is 41.6. The van der Waals surface area contributed by atoms with Gasteiger partial charge in [0.15, 0.2) is 5.41 Å². The van der Waals surface area contributed by atoms with E-state index in [1.807, 2.05) is 24.3 Å². The van der Waals surface area contributed by atoms with Crippen LogP contribution in [0.1, 0.15) is 165 Å². The van der Waals surface area contributed by atoms with Gasteiger partial charge in [-0.1, -0.05) is 134 Å². The molecule has 58 heavy (non-hydrogen) atoms. The fraction of sp³-hybridized carbons (Fsp3) is 0.667. The molecule has 1 amide bonds. The average Bonchev–Trinajstić information content (AvgIpc) is 3.89. The number of carbonyl (C=O) groups excluding carboxylic acids is 3. The first-order valence-electron chi connectivity index (χ1n) is 22.6. The lowest BCUT2D eigenvalue weighted by Crippen LogP contribution is -2.49. The minimum atomic E-state index is -1.87. The highest BCUT2D eigenvalue weighted by molar-refractivity contribution is 6.09. The van der Waals surface area contributed by atoms with Gasteiger partial charge < -0.3 is 30.5 Å². The molecule has 2 aromatic rings. The van der Waals surface area contributed by atoms with Crippen LogP contribution in [0.4, 0.5) is 0 Å². The number of ether oxygens (including phenoxy) is 2. The molecule has 322 valence electrons. The maximum Gasteiger partial charge on any atom is 0.331 e. The van der Waals surface area contributed by atoms with Crippen molar-refractivity contribution in [3.63, 3.8) is 0 Å². The van der Waals surface area contributed by atoms with Crippen molar-refractivity contribution in [2.24, 2.45) is 10.8 Å². The maximum atomic E-state index is 13.8. The number of amides is 1. The van der Waals surface area contributed by atoms with Gasteiger partial charge in [-0.3, -0.25) is 19.2 Å². The molecule has 0 spiro atoms. The highest BCUT2D eigenvalue weighted by Gasteiger charge is 2.57. The van der Waals surface area contributed by atoms with E-state index < -0.39 is 34.6 Å². The van der Waals surface area contributed by atoms with Crippen LogP contribution >= 0.6 is 0 Å². The summed E-state index contributed by atoms with van der Waals surface area (Å²) in [6.07, 6.45) is 21.4. The second-order valence-electron chi connectivity index (χ2n) is 17.0. The molecular formula is C48H73N3O7. The zero-order valence-corrected chi connectivity index (χ0v) is 35.8. The Balaban J connectivity index is 1.21. The van der Waals surface area contributed by atoms with Crippen LogP contribution in [0.25, 0.3) is 0 Å². The Kier molecular flexibility index (Phi) is 20.2. The third-order valence-electron chi connectivity index (χ3n) is 12.5. The van der Waals surface area contributed by atoms with Crippen LogP contribution in [-0.4, -0.2) is 54.7 Å². The summed E-state index contributed by atoms with van der Waals surface area (Å²) >= 11 is 0. The molecule has 0 aromatic heterocycles. The van der Waals surface area contributed by atoms with E-state index in [4.69, 9.17) is 9.47 Å². The summed E-state index contributed by atoms with van der Waals surface area (Å²) in [5.41, 5.74) is -0.00379. The highest BCUT2D eigenvalue weighted by Crippen LogP contribution is 2.43. The largest absolute Gasteiger partial charge is 0.494 e. The molecule has 2 saturated carbocycles. The number of rotatable bonds is 28. The standard InChI is InChI=1S/C48H73N3O7/c1-4-6-8-10-12-14-16-18-32-57-42-26-24-39(25-27-42)36-51-41-29-31-48(34-41,44(53)54)46(56)58-45(55)47(43(52)49-3)30-28-40(33-47)50-35-38-22-20-37(21-23-38)19-17-15-13-11-9-7-5-2/h20-27,40-41,50-51H,4-19,28-36H2,1-3H3,(H,49,52)(H,53,54). The Morgan fingerprint density at radius 2 is 1.07 bits per heavy atom. The fourth-order valence-electron chi connectivity index (χ4n) is 8.67. The van der Waals surface area contributed by atoms with Crippen molar-refractivity contribution < 1.29 is 33.8 Å². The van der Waals surface area contributed by atoms with Crippen molar-refractivity contribution in [2.75, 3.05) is 13.7 Å². The average molecular weight is 804 g/mol. The summed E-state index contributed by atoms with van der Waals surface area (Å²) < 4.78 is 11.3. The highest BCUT2D eigenvalue weighted by atomic mass is 16.6. The number of benzene rings is 2. The van der Waals surface area contributed by atoms with Gasteiger partial charge in [-0.2, -0.15) is 0 Å². The number of carboxylic acid groups (broad SMARTS) is 1. The number of hydrogen-bond donors (Lipinski definition) is 4. The van der Waals surface area contributed by atoms with Crippen molar-refractivity contribution in [1.82, 2.24) is 16.0 Å². The zero-order valence-electron chi connectivity index (χ0n) is 35.8. The first kappa shape index (κ1) is 46.9. The molecule has 4 atom stereocenters.